The summed E-state index contributed by atoms with van der Waals surface area (Å²) in [6, 6.07) is 0.0550. The molecule has 0 aromatic carbocycles. The Morgan fingerprint density at radius 3 is 2.41 bits per heavy atom. The van der Waals surface area contributed by atoms with Gasteiger partial charge in [0.1, 0.15) is 5.60 Å². The van der Waals surface area contributed by atoms with Gasteiger partial charge in [-0.05, 0) is 47.0 Å². The number of nitrogens with zero attached hydrogens (tertiary/aromatic N) is 2. The quantitative estimate of drug-likeness (QED) is 0.863. The van der Waals surface area contributed by atoms with Gasteiger partial charge in [0.15, 0.2) is 0 Å². The number of carbonyl (C=O) groups is 2. The predicted octanol–water partition coefficient (Wildman–Crippen LogP) is 1.84. The first-order chi connectivity index (χ1) is 10.1. The van der Waals surface area contributed by atoms with Crippen LogP contribution in [0.1, 0.15) is 47.0 Å². The molecule has 2 atom stereocenters. The first-order valence-corrected chi connectivity index (χ1v) is 8.05. The van der Waals surface area contributed by atoms with E-state index in [0.717, 1.165) is 19.3 Å². The normalized spacial score (nSPS) is 21.0. The summed E-state index contributed by atoms with van der Waals surface area (Å²) in [6.07, 6.45) is 2.47. The standard InChI is InChI=1S/C16H31N3O3/c1-12(14(20)18(5)6)17-13-8-7-10-19(11-9-13)15(21)22-16(2,3)4/h12-13,17H,7-11H2,1-6H3. The Morgan fingerprint density at radius 2 is 1.86 bits per heavy atom. The van der Waals surface area contributed by atoms with E-state index >= 15 is 0 Å². The molecule has 6 heteroatoms. The fourth-order valence-electron chi connectivity index (χ4n) is 2.58. The monoisotopic (exact) mass is 313 g/mol. The summed E-state index contributed by atoms with van der Waals surface area (Å²) < 4.78 is 5.42. The molecule has 22 heavy (non-hydrogen) atoms. The maximum Gasteiger partial charge on any atom is 0.410 e. The minimum Gasteiger partial charge on any atom is -0.444 e. The Labute approximate surface area is 134 Å². The highest BCUT2D eigenvalue weighted by Crippen LogP contribution is 2.16. The van der Waals surface area contributed by atoms with Gasteiger partial charge in [0.05, 0.1) is 6.04 Å². The molecule has 2 amide bonds. The topological polar surface area (TPSA) is 61.9 Å². The fourth-order valence-corrected chi connectivity index (χ4v) is 2.58. The highest BCUT2D eigenvalue weighted by Gasteiger charge is 2.26. The lowest BCUT2D eigenvalue weighted by Crippen LogP contribution is -2.46. The summed E-state index contributed by atoms with van der Waals surface area (Å²) in [5.74, 6) is 0.0771. The smallest absolute Gasteiger partial charge is 0.410 e. The fraction of sp³-hybridized carbons (Fsp3) is 0.875. The van der Waals surface area contributed by atoms with E-state index in [4.69, 9.17) is 4.74 Å². The van der Waals surface area contributed by atoms with Crippen LogP contribution >= 0.6 is 0 Å². The SMILES string of the molecule is CC(NC1CCCN(C(=O)OC(C)(C)C)CC1)C(=O)N(C)C. The summed E-state index contributed by atoms with van der Waals surface area (Å²) in [6.45, 7) is 8.89. The Hall–Kier alpha value is -1.30. The number of ether oxygens (including phenoxy) is 1. The summed E-state index contributed by atoms with van der Waals surface area (Å²) in [5, 5.41) is 3.38. The lowest BCUT2D eigenvalue weighted by Gasteiger charge is -2.26. The molecule has 1 aliphatic rings. The third kappa shape index (κ3) is 6.22. The molecular formula is C16H31N3O3. The molecule has 1 fully saturated rings. The van der Waals surface area contributed by atoms with Crippen LogP contribution in [0, 0.1) is 0 Å². The largest absolute Gasteiger partial charge is 0.444 e. The average Bonchev–Trinajstić information content (AvgIpc) is 2.61. The van der Waals surface area contributed by atoms with Crippen molar-refractivity contribution in [2.75, 3.05) is 27.2 Å². The molecule has 0 aromatic heterocycles. The maximum absolute atomic E-state index is 12.1. The van der Waals surface area contributed by atoms with E-state index < -0.39 is 5.60 Å². The summed E-state index contributed by atoms with van der Waals surface area (Å²) in [5.41, 5.74) is -0.465. The number of likely N-dealkylation sites (N-methyl/N-ethyl adjacent to an activating group) is 1. The van der Waals surface area contributed by atoms with Crippen LogP contribution in [-0.4, -0.2) is 66.7 Å². The van der Waals surface area contributed by atoms with Gasteiger partial charge in [0, 0.05) is 33.2 Å². The van der Waals surface area contributed by atoms with Crippen LogP contribution in [0.4, 0.5) is 4.79 Å². The van der Waals surface area contributed by atoms with Crippen molar-refractivity contribution in [3.63, 3.8) is 0 Å². The van der Waals surface area contributed by atoms with Gasteiger partial charge >= 0.3 is 6.09 Å². The van der Waals surface area contributed by atoms with Gasteiger partial charge in [-0.2, -0.15) is 0 Å². The van der Waals surface area contributed by atoms with Crippen molar-refractivity contribution < 1.29 is 14.3 Å². The van der Waals surface area contributed by atoms with E-state index in [9.17, 15) is 9.59 Å². The summed E-state index contributed by atoms with van der Waals surface area (Å²) in [7, 11) is 3.52. The third-order valence-electron chi connectivity index (χ3n) is 3.68. The Balaban J connectivity index is 2.49. The highest BCUT2D eigenvalue weighted by molar-refractivity contribution is 5.80. The van der Waals surface area contributed by atoms with E-state index in [1.54, 1.807) is 23.9 Å². The number of hydrogen-bond donors (Lipinski definition) is 1. The van der Waals surface area contributed by atoms with Crippen molar-refractivity contribution in [3.8, 4) is 0 Å². The molecule has 1 rings (SSSR count). The molecule has 0 aromatic rings. The number of amides is 2. The second kappa shape index (κ2) is 7.81. The van der Waals surface area contributed by atoms with Crippen LogP contribution in [0.15, 0.2) is 0 Å². The van der Waals surface area contributed by atoms with Crippen molar-refractivity contribution in [1.29, 1.82) is 0 Å². The van der Waals surface area contributed by atoms with Gasteiger partial charge in [-0.3, -0.25) is 4.79 Å². The number of carbonyl (C=O) groups excluding carboxylic acids is 2. The molecule has 0 spiro atoms. The van der Waals surface area contributed by atoms with Crippen LogP contribution in [0.5, 0.6) is 0 Å². The van der Waals surface area contributed by atoms with E-state index in [-0.39, 0.29) is 24.1 Å². The molecule has 0 saturated carbocycles. The first kappa shape index (κ1) is 18.7. The van der Waals surface area contributed by atoms with Crippen LogP contribution in [-0.2, 0) is 9.53 Å². The van der Waals surface area contributed by atoms with Gasteiger partial charge in [-0.15, -0.1) is 0 Å². The van der Waals surface area contributed by atoms with Gasteiger partial charge in [0.25, 0.3) is 0 Å². The number of likely N-dealkylation sites (tertiary alicyclic amines) is 1. The number of hydrogen-bond acceptors (Lipinski definition) is 4. The van der Waals surface area contributed by atoms with Crippen molar-refractivity contribution in [1.82, 2.24) is 15.1 Å². The molecule has 128 valence electrons. The van der Waals surface area contributed by atoms with E-state index in [1.807, 2.05) is 27.7 Å². The highest BCUT2D eigenvalue weighted by atomic mass is 16.6. The van der Waals surface area contributed by atoms with Crippen molar-refractivity contribution in [2.24, 2.45) is 0 Å². The molecule has 1 aliphatic heterocycles. The third-order valence-corrected chi connectivity index (χ3v) is 3.68. The van der Waals surface area contributed by atoms with Gasteiger partial charge in [0.2, 0.25) is 5.91 Å². The zero-order chi connectivity index (χ0) is 16.9. The molecular weight excluding hydrogens is 282 g/mol. The first-order valence-electron chi connectivity index (χ1n) is 8.05. The number of nitrogens with one attached hydrogen (secondary N) is 1. The van der Waals surface area contributed by atoms with Crippen LogP contribution in [0.25, 0.3) is 0 Å². The second-order valence-corrected chi connectivity index (χ2v) is 7.22. The van der Waals surface area contributed by atoms with E-state index in [0.29, 0.717) is 13.1 Å². The summed E-state index contributed by atoms with van der Waals surface area (Å²) in [4.78, 5) is 27.4. The lowest BCUT2D eigenvalue weighted by atomic mass is 10.1. The van der Waals surface area contributed by atoms with Crippen LogP contribution in [0.2, 0.25) is 0 Å². The van der Waals surface area contributed by atoms with Crippen LogP contribution in [0.3, 0.4) is 0 Å². The lowest BCUT2D eigenvalue weighted by molar-refractivity contribution is -0.130. The molecule has 1 saturated heterocycles. The van der Waals surface area contributed by atoms with Crippen LogP contribution < -0.4 is 5.32 Å². The predicted molar refractivity (Wildman–Crippen MR) is 86.7 cm³/mol. The van der Waals surface area contributed by atoms with Crippen molar-refractivity contribution >= 4 is 12.0 Å². The van der Waals surface area contributed by atoms with E-state index in [1.165, 1.54) is 0 Å². The number of rotatable bonds is 3. The second-order valence-electron chi connectivity index (χ2n) is 7.22. The van der Waals surface area contributed by atoms with E-state index in [2.05, 4.69) is 5.32 Å². The Morgan fingerprint density at radius 1 is 1.23 bits per heavy atom. The van der Waals surface area contributed by atoms with Gasteiger partial charge in [-0.1, -0.05) is 0 Å². The molecule has 6 nitrogen and oxygen atoms in total. The molecule has 0 radical (unpaired) electrons. The minimum absolute atomic E-state index is 0.0771. The Kier molecular flexibility index (Phi) is 6.66. The minimum atomic E-state index is -0.465. The summed E-state index contributed by atoms with van der Waals surface area (Å²) >= 11 is 0. The van der Waals surface area contributed by atoms with Gasteiger partial charge < -0.3 is 19.9 Å². The molecule has 0 bridgehead atoms. The van der Waals surface area contributed by atoms with Crippen molar-refractivity contribution in [3.05, 3.63) is 0 Å². The zero-order valence-electron chi connectivity index (χ0n) is 14.8. The molecule has 0 aliphatic carbocycles. The maximum atomic E-state index is 12.1. The Bertz CT molecular complexity index is 391. The molecule has 1 heterocycles. The van der Waals surface area contributed by atoms with Crippen molar-refractivity contribution in [2.45, 2.75) is 64.6 Å². The molecule has 1 N–H and O–H groups in total. The average molecular weight is 313 g/mol. The molecule has 2 unspecified atom stereocenters. The van der Waals surface area contributed by atoms with Gasteiger partial charge in [-0.25, -0.2) is 4.79 Å². The zero-order valence-corrected chi connectivity index (χ0v) is 14.8.